The van der Waals surface area contributed by atoms with Crippen LogP contribution in [0.5, 0.6) is 0 Å². The van der Waals surface area contributed by atoms with E-state index in [-0.39, 0.29) is 0 Å². The molecule has 0 atom stereocenters. The summed E-state index contributed by atoms with van der Waals surface area (Å²) in [5.41, 5.74) is 4.71. The second-order valence-electron chi connectivity index (χ2n) is 6.87. The van der Waals surface area contributed by atoms with E-state index in [9.17, 15) is 9.90 Å². The van der Waals surface area contributed by atoms with Gasteiger partial charge in [0.05, 0.1) is 5.54 Å². The van der Waals surface area contributed by atoms with Crippen molar-refractivity contribution in [3.8, 4) is 0 Å². The van der Waals surface area contributed by atoms with Gasteiger partial charge in [0, 0.05) is 5.69 Å². The minimum absolute atomic E-state index is 0.628. The van der Waals surface area contributed by atoms with E-state index in [0.29, 0.717) is 5.69 Å². The maximum atomic E-state index is 12.0. The maximum absolute atomic E-state index is 12.0. The second kappa shape index (κ2) is 6.98. The summed E-state index contributed by atoms with van der Waals surface area (Å²) in [7, 11) is 0. The molecule has 0 heterocycles. The Morgan fingerprint density at radius 3 is 2.00 bits per heavy atom. The summed E-state index contributed by atoms with van der Waals surface area (Å²) in [6.45, 7) is 15.6. The van der Waals surface area contributed by atoms with Gasteiger partial charge in [-0.1, -0.05) is 54.6 Å². The van der Waals surface area contributed by atoms with E-state index in [1.165, 1.54) is 4.90 Å². The van der Waals surface area contributed by atoms with Crippen LogP contribution in [0, 0.1) is 0 Å². The number of hydrogen-bond donors (Lipinski definition) is 1. The van der Waals surface area contributed by atoms with Crippen LogP contribution in [0.3, 0.4) is 0 Å². The summed E-state index contributed by atoms with van der Waals surface area (Å²) >= 11 is 0. The summed E-state index contributed by atoms with van der Waals surface area (Å²) < 4.78 is 0. The van der Waals surface area contributed by atoms with Crippen molar-refractivity contribution in [3.05, 3.63) is 78.4 Å². The highest BCUT2D eigenvalue weighted by atomic mass is 16.4. The van der Waals surface area contributed by atoms with Gasteiger partial charge in [0.2, 0.25) is 0 Å². The smallest absolute Gasteiger partial charge is 0.412 e. The molecule has 2 aromatic rings. The number of hydrogen-bond acceptors (Lipinski definition) is 1. The van der Waals surface area contributed by atoms with Crippen molar-refractivity contribution in [2.75, 3.05) is 4.90 Å². The fraction of sp³-hybridized carbons (Fsp3) is 0.227. The molecule has 0 spiro atoms. The lowest BCUT2D eigenvalue weighted by Gasteiger charge is -2.37. The monoisotopic (exact) mass is 335 g/mol. The van der Waals surface area contributed by atoms with E-state index in [1.54, 1.807) is 0 Å². The number of nitrogens with zero attached hydrogens (tertiary/aromatic N) is 1. The fourth-order valence-electron chi connectivity index (χ4n) is 2.86. The molecule has 2 rings (SSSR count). The molecule has 0 aromatic heterocycles. The average molecular weight is 335 g/mol. The quantitative estimate of drug-likeness (QED) is 0.709. The Bertz CT molecular complexity index is 816. The van der Waals surface area contributed by atoms with Crippen LogP contribution in [0.25, 0.3) is 11.1 Å². The van der Waals surface area contributed by atoms with Crippen LogP contribution in [0.1, 0.15) is 44.4 Å². The van der Waals surface area contributed by atoms with Crippen molar-refractivity contribution in [2.24, 2.45) is 0 Å². The van der Waals surface area contributed by atoms with Crippen LogP contribution < -0.4 is 4.90 Å². The van der Waals surface area contributed by atoms with E-state index in [4.69, 9.17) is 0 Å². The third-order valence-electron chi connectivity index (χ3n) is 4.43. The van der Waals surface area contributed by atoms with Crippen molar-refractivity contribution >= 4 is 22.9 Å². The minimum Gasteiger partial charge on any atom is -0.465 e. The Morgan fingerprint density at radius 2 is 1.52 bits per heavy atom. The van der Waals surface area contributed by atoms with Crippen molar-refractivity contribution in [2.45, 2.75) is 33.2 Å². The highest BCUT2D eigenvalue weighted by Crippen LogP contribution is 2.34. The molecule has 0 aliphatic heterocycles. The van der Waals surface area contributed by atoms with Crippen LogP contribution >= 0.6 is 0 Å². The molecule has 130 valence electrons. The molecule has 0 radical (unpaired) electrons. The molecule has 3 nitrogen and oxygen atoms in total. The molecular weight excluding hydrogens is 310 g/mol. The Labute approximate surface area is 149 Å². The zero-order valence-corrected chi connectivity index (χ0v) is 15.3. The molecule has 1 N–H and O–H groups in total. The summed E-state index contributed by atoms with van der Waals surface area (Å²) in [6.07, 6.45) is -0.992. The van der Waals surface area contributed by atoms with Gasteiger partial charge >= 0.3 is 6.09 Å². The number of benzene rings is 2. The largest absolute Gasteiger partial charge is 0.465 e. The fourth-order valence-corrected chi connectivity index (χ4v) is 2.86. The van der Waals surface area contributed by atoms with Gasteiger partial charge in [-0.05, 0) is 62.6 Å². The van der Waals surface area contributed by atoms with Gasteiger partial charge in [-0.15, -0.1) is 0 Å². The lowest BCUT2D eigenvalue weighted by molar-refractivity contribution is 0.194. The lowest BCUT2D eigenvalue weighted by atomic mass is 9.89. The molecule has 2 aromatic carbocycles. The van der Waals surface area contributed by atoms with Gasteiger partial charge in [0.25, 0.3) is 0 Å². The molecular formula is C22H25NO2. The standard InChI is InChI=1S/C22H25NO2/c1-15(2)17-10-12-20(13-11-17)23(21(24)25)22(5,6)19-9-7-8-18(14-19)16(3)4/h7-14H,1,3H2,2,4-6H3,(H,24,25). The second-order valence-corrected chi connectivity index (χ2v) is 6.87. The van der Waals surface area contributed by atoms with Crippen molar-refractivity contribution in [1.29, 1.82) is 0 Å². The Kier molecular flexibility index (Phi) is 5.17. The van der Waals surface area contributed by atoms with E-state index < -0.39 is 11.6 Å². The number of rotatable bonds is 5. The van der Waals surface area contributed by atoms with Gasteiger partial charge in [0.1, 0.15) is 0 Å². The molecule has 3 heteroatoms. The number of amides is 1. The molecule has 0 fully saturated rings. The van der Waals surface area contributed by atoms with Crippen LogP contribution in [-0.4, -0.2) is 11.2 Å². The van der Waals surface area contributed by atoms with E-state index in [1.807, 2.05) is 76.2 Å². The van der Waals surface area contributed by atoms with Gasteiger partial charge in [-0.3, -0.25) is 4.90 Å². The molecule has 0 saturated heterocycles. The highest BCUT2D eigenvalue weighted by Gasteiger charge is 2.34. The summed E-state index contributed by atoms with van der Waals surface area (Å²) in [5.74, 6) is 0. The zero-order chi connectivity index (χ0) is 18.8. The van der Waals surface area contributed by atoms with Crippen molar-refractivity contribution in [3.63, 3.8) is 0 Å². The molecule has 0 unspecified atom stereocenters. The lowest BCUT2D eigenvalue weighted by Crippen LogP contribution is -2.45. The minimum atomic E-state index is -0.992. The topological polar surface area (TPSA) is 40.5 Å². The first-order valence-electron chi connectivity index (χ1n) is 8.20. The summed E-state index contributed by atoms with van der Waals surface area (Å²) in [6, 6.07) is 15.3. The number of carboxylic acid groups (broad SMARTS) is 1. The van der Waals surface area contributed by atoms with Gasteiger partial charge in [-0.25, -0.2) is 4.79 Å². The van der Waals surface area contributed by atoms with E-state index in [0.717, 1.165) is 27.8 Å². The Hall–Kier alpha value is -2.81. The molecule has 0 aliphatic carbocycles. The van der Waals surface area contributed by atoms with Crippen LogP contribution in [0.4, 0.5) is 10.5 Å². The van der Waals surface area contributed by atoms with Crippen LogP contribution in [-0.2, 0) is 5.54 Å². The number of carbonyl (C=O) groups is 1. The van der Waals surface area contributed by atoms with Gasteiger partial charge in [0.15, 0.2) is 0 Å². The third-order valence-corrected chi connectivity index (χ3v) is 4.43. The van der Waals surface area contributed by atoms with Crippen LogP contribution in [0.2, 0.25) is 0 Å². The molecule has 1 amide bonds. The molecule has 0 saturated carbocycles. The van der Waals surface area contributed by atoms with Gasteiger partial charge in [-0.2, -0.15) is 0 Å². The first-order valence-corrected chi connectivity index (χ1v) is 8.20. The molecule has 0 aliphatic rings. The first-order chi connectivity index (χ1) is 11.6. The Balaban J connectivity index is 2.51. The Morgan fingerprint density at radius 1 is 0.960 bits per heavy atom. The average Bonchev–Trinajstić information content (AvgIpc) is 2.55. The van der Waals surface area contributed by atoms with Crippen LogP contribution in [0.15, 0.2) is 61.7 Å². The maximum Gasteiger partial charge on any atom is 0.412 e. The van der Waals surface area contributed by atoms with E-state index in [2.05, 4.69) is 13.2 Å². The predicted molar refractivity (Wildman–Crippen MR) is 106 cm³/mol. The zero-order valence-electron chi connectivity index (χ0n) is 15.3. The van der Waals surface area contributed by atoms with Crippen molar-refractivity contribution < 1.29 is 9.90 Å². The third kappa shape index (κ3) is 3.82. The van der Waals surface area contributed by atoms with Gasteiger partial charge < -0.3 is 5.11 Å². The summed E-state index contributed by atoms with van der Waals surface area (Å²) in [4.78, 5) is 13.4. The SMILES string of the molecule is C=C(C)c1ccc(N(C(=O)O)C(C)(C)c2cccc(C(=C)C)c2)cc1. The number of allylic oxidation sites excluding steroid dienone is 2. The highest BCUT2D eigenvalue weighted by molar-refractivity contribution is 5.88. The number of anilines is 1. The molecule has 0 bridgehead atoms. The normalized spacial score (nSPS) is 11.0. The molecule has 25 heavy (non-hydrogen) atoms. The first kappa shape index (κ1) is 18.5. The summed E-state index contributed by atoms with van der Waals surface area (Å²) in [5, 5.41) is 9.87. The predicted octanol–water partition coefficient (Wildman–Crippen LogP) is 6.17. The van der Waals surface area contributed by atoms with E-state index >= 15 is 0 Å². The van der Waals surface area contributed by atoms with Crippen molar-refractivity contribution in [1.82, 2.24) is 0 Å².